The second-order valence-electron chi connectivity index (χ2n) is 7.23. The first-order valence-electron chi connectivity index (χ1n) is 10.5. The van der Waals surface area contributed by atoms with E-state index in [4.69, 9.17) is 5.73 Å². The Labute approximate surface area is 207 Å². The summed E-state index contributed by atoms with van der Waals surface area (Å²) in [5.41, 5.74) is 6.00. The van der Waals surface area contributed by atoms with Gasteiger partial charge in [-0.05, 0) is 48.4 Å². The van der Waals surface area contributed by atoms with Crippen molar-refractivity contribution in [2.24, 2.45) is 10.2 Å². The molecule has 0 aliphatic heterocycles. The van der Waals surface area contributed by atoms with Crippen molar-refractivity contribution in [3.8, 4) is 11.5 Å². The fraction of sp³-hybridized carbons (Fsp3) is 0.130. The molecule has 0 saturated heterocycles. The van der Waals surface area contributed by atoms with Crippen LogP contribution in [0.3, 0.4) is 0 Å². The zero-order valence-electron chi connectivity index (χ0n) is 18.8. The maximum Gasteiger partial charge on any atom is 0.416 e. The highest BCUT2D eigenvalue weighted by Gasteiger charge is 2.32. The number of hydrogen-bond acceptors (Lipinski definition) is 9. The van der Waals surface area contributed by atoms with Crippen molar-refractivity contribution in [1.29, 1.82) is 0 Å². The minimum Gasteiger partial charge on any atom is -0.611 e. The van der Waals surface area contributed by atoms with Crippen molar-refractivity contribution in [1.82, 2.24) is 19.9 Å². The molecule has 0 radical (unpaired) electrons. The van der Waals surface area contributed by atoms with Gasteiger partial charge in [0.05, 0.1) is 11.8 Å². The lowest BCUT2D eigenvalue weighted by atomic mass is 10.2. The van der Waals surface area contributed by atoms with Crippen molar-refractivity contribution >= 4 is 39.9 Å². The second kappa shape index (κ2) is 10.7. The summed E-state index contributed by atoms with van der Waals surface area (Å²) in [6.45, 7) is 1.65. The number of nitrogens with one attached hydrogen (secondary N) is 1. The van der Waals surface area contributed by atoms with Gasteiger partial charge in [0.1, 0.15) is 17.1 Å². The van der Waals surface area contributed by atoms with E-state index in [0.717, 1.165) is 18.2 Å². The van der Waals surface area contributed by atoms with Crippen LogP contribution < -0.4 is 11.1 Å². The monoisotopic (exact) mass is 512 g/mol. The van der Waals surface area contributed by atoms with E-state index in [2.05, 4.69) is 35.5 Å². The predicted molar refractivity (Wildman–Crippen MR) is 130 cm³/mol. The fourth-order valence-electron chi connectivity index (χ4n) is 3.07. The molecule has 0 aliphatic carbocycles. The number of nitrogens with zero attached hydrogens (tertiary/aromatic N) is 6. The molecule has 1 unspecified atom stereocenters. The van der Waals surface area contributed by atoms with Crippen LogP contribution in [0, 0.1) is 0 Å². The summed E-state index contributed by atoms with van der Waals surface area (Å²) in [4.78, 5) is 16.9. The maximum absolute atomic E-state index is 13.3. The number of azo groups is 1. The molecule has 0 fully saturated rings. The molecule has 2 heterocycles. The van der Waals surface area contributed by atoms with Gasteiger partial charge in [-0.2, -0.15) is 13.2 Å². The molecule has 9 nitrogen and oxygen atoms in total. The van der Waals surface area contributed by atoms with Gasteiger partial charge in [-0.15, -0.1) is 10.2 Å². The number of benzene rings is 2. The van der Waals surface area contributed by atoms with Crippen molar-refractivity contribution in [2.45, 2.75) is 18.0 Å². The third-order valence-corrected chi connectivity index (χ3v) is 6.15. The van der Waals surface area contributed by atoms with Gasteiger partial charge in [0.15, 0.2) is 28.0 Å². The SMILES string of the molecule is CC[S+]([O-])c1ccc(C(F)(F)F)cc1/N=N/c1c(N)nc(-c2cnccn2)nc1Nc1ccccc1. The van der Waals surface area contributed by atoms with E-state index in [1.807, 2.05) is 6.07 Å². The minimum atomic E-state index is -4.61. The molecule has 2 aromatic carbocycles. The Kier molecular flexibility index (Phi) is 7.41. The number of halogens is 3. The lowest BCUT2D eigenvalue weighted by Crippen LogP contribution is -2.08. The van der Waals surface area contributed by atoms with Crippen LogP contribution in [0.2, 0.25) is 0 Å². The standard InChI is InChI=1S/C23H19F3N8OS/c1-2-36(35)18-9-8-14(23(24,25)26)12-16(18)33-34-19-20(27)31-21(17-13-28-10-11-29-17)32-22(19)30-15-6-4-3-5-7-15/h3-13H,2H2,1H3,(H3,27,30,31,32)/b34-33+. The van der Waals surface area contributed by atoms with Gasteiger partial charge in [0, 0.05) is 18.1 Å². The predicted octanol–water partition coefficient (Wildman–Crippen LogP) is 5.82. The zero-order valence-corrected chi connectivity index (χ0v) is 19.6. The van der Waals surface area contributed by atoms with Crippen LogP contribution in [0.25, 0.3) is 11.5 Å². The molecule has 4 aromatic rings. The van der Waals surface area contributed by atoms with Gasteiger partial charge in [-0.25, -0.2) is 15.0 Å². The molecule has 0 bridgehead atoms. The average Bonchev–Trinajstić information content (AvgIpc) is 2.88. The van der Waals surface area contributed by atoms with E-state index in [1.165, 1.54) is 18.6 Å². The second-order valence-corrected chi connectivity index (χ2v) is 8.93. The summed E-state index contributed by atoms with van der Waals surface area (Å²) < 4.78 is 52.4. The zero-order chi connectivity index (χ0) is 25.7. The Balaban J connectivity index is 1.82. The van der Waals surface area contributed by atoms with Crippen LogP contribution in [0.15, 0.2) is 82.2 Å². The van der Waals surface area contributed by atoms with E-state index in [-0.39, 0.29) is 39.5 Å². The fourth-order valence-corrected chi connectivity index (χ4v) is 3.93. The normalized spacial score (nSPS) is 12.6. The molecule has 0 spiro atoms. The van der Waals surface area contributed by atoms with Gasteiger partial charge in [-0.1, -0.05) is 18.2 Å². The van der Waals surface area contributed by atoms with Crippen molar-refractivity contribution < 1.29 is 17.7 Å². The molecular weight excluding hydrogens is 493 g/mol. The smallest absolute Gasteiger partial charge is 0.416 e. The highest BCUT2D eigenvalue weighted by Crippen LogP contribution is 2.38. The van der Waals surface area contributed by atoms with Crippen LogP contribution in [-0.4, -0.2) is 30.2 Å². The van der Waals surface area contributed by atoms with Gasteiger partial charge in [0.25, 0.3) is 0 Å². The molecule has 0 aliphatic rings. The molecule has 2 aromatic heterocycles. The van der Waals surface area contributed by atoms with Gasteiger partial charge in [-0.3, -0.25) is 4.98 Å². The molecule has 13 heteroatoms. The average molecular weight is 513 g/mol. The number of nitrogen functional groups attached to an aromatic ring is 1. The van der Waals surface area contributed by atoms with Crippen molar-refractivity contribution in [3.05, 3.63) is 72.7 Å². The number of alkyl halides is 3. The van der Waals surface area contributed by atoms with E-state index >= 15 is 0 Å². The number of anilines is 3. The molecule has 36 heavy (non-hydrogen) atoms. The number of para-hydroxylation sites is 1. The number of hydrogen-bond donors (Lipinski definition) is 2. The Hall–Kier alpha value is -4.10. The van der Waals surface area contributed by atoms with E-state index in [1.54, 1.807) is 31.2 Å². The van der Waals surface area contributed by atoms with Crippen LogP contribution in [0.4, 0.5) is 41.9 Å². The Morgan fingerprint density at radius 1 is 1.06 bits per heavy atom. The molecule has 3 N–H and O–H groups in total. The summed E-state index contributed by atoms with van der Waals surface area (Å²) >= 11 is -1.58. The van der Waals surface area contributed by atoms with Crippen molar-refractivity contribution in [3.63, 3.8) is 0 Å². The summed E-state index contributed by atoms with van der Waals surface area (Å²) in [5, 5.41) is 11.1. The molecule has 0 saturated carbocycles. The molecular formula is C23H19F3N8OS. The molecule has 1 atom stereocenters. The first kappa shape index (κ1) is 25.0. The lowest BCUT2D eigenvalue weighted by molar-refractivity contribution is -0.137. The van der Waals surface area contributed by atoms with Crippen LogP contribution >= 0.6 is 0 Å². The Morgan fingerprint density at radius 2 is 1.83 bits per heavy atom. The van der Waals surface area contributed by atoms with Crippen LogP contribution in [-0.2, 0) is 17.4 Å². The van der Waals surface area contributed by atoms with Crippen LogP contribution in [0.5, 0.6) is 0 Å². The summed E-state index contributed by atoms with van der Waals surface area (Å²) in [5.74, 6) is 0.387. The third kappa shape index (κ3) is 5.75. The number of aromatic nitrogens is 4. The van der Waals surface area contributed by atoms with Gasteiger partial charge < -0.3 is 15.6 Å². The number of rotatable bonds is 7. The Bertz CT molecular complexity index is 1370. The minimum absolute atomic E-state index is 0.0165. The van der Waals surface area contributed by atoms with Gasteiger partial charge in [0.2, 0.25) is 0 Å². The molecule has 184 valence electrons. The van der Waals surface area contributed by atoms with Crippen molar-refractivity contribution in [2.75, 3.05) is 16.8 Å². The first-order valence-corrected chi connectivity index (χ1v) is 11.9. The largest absolute Gasteiger partial charge is 0.611 e. The van der Waals surface area contributed by atoms with Gasteiger partial charge >= 0.3 is 6.18 Å². The van der Waals surface area contributed by atoms with E-state index in [0.29, 0.717) is 11.4 Å². The Morgan fingerprint density at radius 3 is 2.50 bits per heavy atom. The van der Waals surface area contributed by atoms with E-state index in [9.17, 15) is 17.7 Å². The highest BCUT2D eigenvalue weighted by molar-refractivity contribution is 7.91. The lowest BCUT2D eigenvalue weighted by Gasteiger charge is -2.13. The summed E-state index contributed by atoms with van der Waals surface area (Å²) in [7, 11) is 0. The third-order valence-electron chi connectivity index (χ3n) is 4.79. The summed E-state index contributed by atoms with van der Waals surface area (Å²) in [6, 6.07) is 11.8. The highest BCUT2D eigenvalue weighted by atomic mass is 32.2. The topological polar surface area (TPSA) is 137 Å². The molecule has 0 amide bonds. The number of nitrogens with two attached hydrogens (primary N) is 1. The van der Waals surface area contributed by atoms with Crippen LogP contribution in [0.1, 0.15) is 12.5 Å². The van der Waals surface area contributed by atoms with E-state index < -0.39 is 22.9 Å². The maximum atomic E-state index is 13.3. The first-order chi connectivity index (χ1) is 17.3. The summed E-state index contributed by atoms with van der Waals surface area (Å²) in [6.07, 6.45) is -0.199. The quantitative estimate of drug-likeness (QED) is 0.235. The molecule has 4 rings (SSSR count).